The maximum absolute atomic E-state index is 9.56. The number of aliphatic hydroxyl groups excluding tert-OH is 1. The van der Waals surface area contributed by atoms with E-state index in [9.17, 15) is 5.11 Å². The third-order valence-electron chi connectivity index (χ3n) is 4.36. The van der Waals surface area contributed by atoms with Crippen molar-refractivity contribution >= 4 is 0 Å². The van der Waals surface area contributed by atoms with Crippen molar-refractivity contribution in [1.29, 1.82) is 0 Å². The van der Waals surface area contributed by atoms with Gasteiger partial charge in [-0.05, 0) is 57.2 Å². The highest BCUT2D eigenvalue weighted by Crippen LogP contribution is 2.24. The van der Waals surface area contributed by atoms with Gasteiger partial charge in [-0.25, -0.2) is 0 Å². The zero-order chi connectivity index (χ0) is 17.4. The van der Waals surface area contributed by atoms with Gasteiger partial charge in [0.1, 0.15) is 11.5 Å². The number of rotatable bonds is 10. The predicted molar refractivity (Wildman–Crippen MR) is 98.9 cm³/mol. The number of aliphatic hydroxyl groups is 1. The molecule has 0 fully saturated rings. The maximum Gasteiger partial charge on any atom is 0.134 e. The number of nitrogens with one attached hydrogen (secondary N) is 1. The molecular weight excluding hydrogens is 300 g/mol. The van der Waals surface area contributed by atoms with Crippen LogP contribution in [-0.2, 0) is 6.54 Å². The van der Waals surface area contributed by atoms with E-state index < -0.39 is 6.10 Å². The number of hydrogen-bond acceptors (Lipinski definition) is 4. The highest BCUT2D eigenvalue weighted by atomic mass is 16.3. The number of nitrogens with zero attached hydrogens (tertiary/aromatic N) is 1. The third-order valence-corrected chi connectivity index (χ3v) is 4.36. The van der Waals surface area contributed by atoms with E-state index in [2.05, 4.69) is 24.1 Å². The van der Waals surface area contributed by atoms with Gasteiger partial charge in [0, 0.05) is 5.56 Å². The van der Waals surface area contributed by atoms with E-state index in [-0.39, 0.29) is 0 Å². The summed E-state index contributed by atoms with van der Waals surface area (Å²) in [5.74, 6) is 1.82. The van der Waals surface area contributed by atoms with Gasteiger partial charge >= 0.3 is 0 Å². The smallest absolute Gasteiger partial charge is 0.134 e. The zero-order valence-corrected chi connectivity index (χ0v) is 15.1. The molecular formula is C20H30N2O2. The topological polar surface area (TPSA) is 48.6 Å². The Morgan fingerprint density at radius 2 is 1.79 bits per heavy atom. The van der Waals surface area contributed by atoms with Crippen LogP contribution in [0.3, 0.4) is 0 Å². The first-order chi connectivity index (χ1) is 11.6. The van der Waals surface area contributed by atoms with Crippen LogP contribution in [0.25, 0.3) is 11.3 Å². The molecule has 1 aromatic carbocycles. The number of furan rings is 1. The van der Waals surface area contributed by atoms with E-state index in [1.807, 2.05) is 36.4 Å². The minimum Gasteiger partial charge on any atom is -0.460 e. The molecule has 0 radical (unpaired) electrons. The molecule has 0 bridgehead atoms. The Labute approximate surface area is 145 Å². The second-order valence-electron chi connectivity index (χ2n) is 6.12. The van der Waals surface area contributed by atoms with Crippen molar-refractivity contribution in [2.45, 2.75) is 39.8 Å². The second-order valence-corrected chi connectivity index (χ2v) is 6.12. The van der Waals surface area contributed by atoms with Gasteiger partial charge in [-0.1, -0.05) is 38.1 Å². The number of benzene rings is 1. The quantitative estimate of drug-likeness (QED) is 0.650. The summed E-state index contributed by atoms with van der Waals surface area (Å²) in [5.41, 5.74) is 1.95. The molecule has 1 aromatic heterocycles. The van der Waals surface area contributed by atoms with Crippen LogP contribution in [0.15, 0.2) is 40.8 Å². The van der Waals surface area contributed by atoms with E-state index in [1.165, 1.54) is 0 Å². The summed E-state index contributed by atoms with van der Waals surface area (Å²) in [6.45, 7) is 11.3. The van der Waals surface area contributed by atoms with Crippen LogP contribution in [0, 0.1) is 0 Å². The zero-order valence-electron chi connectivity index (χ0n) is 15.1. The second kappa shape index (κ2) is 9.62. The highest BCUT2D eigenvalue weighted by molar-refractivity contribution is 5.58. The Hall–Kier alpha value is -1.62. The first-order valence-corrected chi connectivity index (χ1v) is 8.94. The average Bonchev–Trinajstić information content (AvgIpc) is 3.07. The van der Waals surface area contributed by atoms with Crippen molar-refractivity contribution in [3.05, 3.63) is 47.7 Å². The molecule has 2 aromatic rings. The largest absolute Gasteiger partial charge is 0.460 e. The van der Waals surface area contributed by atoms with Crippen molar-refractivity contribution in [2.24, 2.45) is 0 Å². The van der Waals surface area contributed by atoms with Crippen molar-refractivity contribution in [3.63, 3.8) is 0 Å². The minimum absolute atomic E-state index is 0.438. The van der Waals surface area contributed by atoms with E-state index >= 15 is 0 Å². The Morgan fingerprint density at radius 1 is 1.08 bits per heavy atom. The Morgan fingerprint density at radius 3 is 2.42 bits per heavy atom. The molecule has 0 aliphatic carbocycles. The molecule has 0 saturated heterocycles. The molecule has 2 N–H and O–H groups in total. The van der Waals surface area contributed by atoms with Crippen LogP contribution < -0.4 is 5.32 Å². The summed E-state index contributed by atoms with van der Waals surface area (Å²) in [5, 5.41) is 13.0. The van der Waals surface area contributed by atoms with Crippen LogP contribution in [0.2, 0.25) is 0 Å². The fourth-order valence-corrected chi connectivity index (χ4v) is 2.73. The van der Waals surface area contributed by atoms with Gasteiger partial charge in [-0.3, -0.25) is 0 Å². The van der Waals surface area contributed by atoms with Crippen molar-refractivity contribution in [2.75, 3.05) is 26.2 Å². The fourth-order valence-electron chi connectivity index (χ4n) is 2.73. The Balaban J connectivity index is 1.78. The lowest BCUT2D eigenvalue weighted by Gasteiger charge is -2.17. The molecule has 2 rings (SSSR count). The van der Waals surface area contributed by atoms with Crippen LogP contribution in [0.5, 0.6) is 0 Å². The molecule has 1 unspecified atom stereocenters. The maximum atomic E-state index is 9.56. The van der Waals surface area contributed by atoms with Gasteiger partial charge < -0.3 is 19.7 Å². The minimum atomic E-state index is -0.438. The molecule has 0 aliphatic heterocycles. The summed E-state index contributed by atoms with van der Waals surface area (Å²) >= 11 is 0. The van der Waals surface area contributed by atoms with Gasteiger partial charge in [0.15, 0.2) is 0 Å². The van der Waals surface area contributed by atoms with Crippen LogP contribution in [0.4, 0.5) is 0 Å². The summed E-state index contributed by atoms with van der Waals surface area (Å²) in [6, 6.07) is 11.9. The summed E-state index contributed by atoms with van der Waals surface area (Å²) in [4.78, 5) is 2.43. The molecule has 24 heavy (non-hydrogen) atoms. The summed E-state index contributed by atoms with van der Waals surface area (Å²) < 4.78 is 5.90. The molecule has 0 spiro atoms. The molecule has 0 amide bonds. The summed E-state index contributed by atoms with van der Waals surface area (Å²) in [6.07, 6.45) is 0.711. The van der Waals surface area contributed by atoms with E-state index in [4.69, 9.17) is 4.42 Å². The van der Waals surface area contributed by atoms with E-state index in [1.54, 1.807) is 6.92 Å². The molecule has 4 nitrogen and oxygen atoms in total. The van der Waals surface area contributed by atoms with E-state index in [0.29, 0.717) is 0 Å². The standard InChI is InChI=1S/C20H30N2O2/c1-4-22(5-2)14-6-13-21-15-19-11-12-20(24-19)18-9-7-17(8-10-18)16(3)23/h7-12,16,21,23H,4-6,13-15H2,1-3H3. The third kappa shape index (κ3) is 5.48. The van der Waals surface area contributed by atoms with Crippen molar-refractivity contribution < 1.29 is 9.52 Å². The monoisotopic (exact) mass is 330 g/mol. The van der Waals surface area contributed by atoms with E-state index in [0.717, 1.165) is 61.8 Å². The lowest BCUT2D eigenvalue weighted by Crippen LogP contribution is -2.27. The Kier molecular flexibility index (Phi) is 7.50. The van der Waals surface area contributed by atoms with Crippen LogP contribution in [-0.4, -0.2) is 36.2 Å². The lowest BCUT2D eigenvalue weighted by atomic mass is 10.1. The predicted octanol–water partition coefficient (Wildman–Crippen LogP) is 3.82. The SMILES string of the molecule is CCN(CC)CCCNCc1ccc(-c2ccc(C(C)O)cc2)o1. The van der Waals surface area contributed by atoms with Crippen molar-refractivity contribution in [3.8, 4) is 11.3 Å². The fraction of sp³-hybridized carbons (Fsp3) is 0.500. The van der Waals surface area contributed by atoms with Crippen LogP contribution >= 0.6 is 0 Å². The molecule has 1 heterocycles. The molecule has 4 heteroatoms. The molecule has 1 atom stereocenters. The van der Waals surface area contributed by atoms with Gasteiger partial charge in [-0.15, -0.1) is 0 Å². The Bertz CT molecular complexity index is 586. The summed E-state index contributed by atoms with van der Waals surface area (Å²) in [7, 11) is 0. The average molecular weight is 330 g/mol. The van der Waals surface area contributed by atoms with Gasteiger partial charge in [-0.2, -0.15) is 0 Å². The molecule has 0 aliphatic rings. The van der Waals surface area contributed by atoms with Crippen LogP contribution in [0.1, 0.15) is 44.6 Å². The van der Waals surface area contributed by atoms with Gasteiger partial charge in [0.2, 0.25) is 0 Å². The molecule has 0 saturated carbocycles. The number of hydrogen-bond donors (Lipinski definition) is 2. The van der Waals surface area contributed by atoms with Gasteiger partial charge in [0.05, 0.1) is 12.6 Å². The first-order valence-electron chi connectivity index (χ1n) is 8.94. The lowest BCUT2D eigenvalue weighted by molar-refractivity contribution is 0.199. The normalized spacial score (nSPS) is 12.7. The van der Waals surface area contributed by atoms with Crippen molar-refractivity contribution in [1.82, 2.24) is 10.2 Å². The first kappa shape index (κ1) is 18.7. The van der Waals surface area contributed by atoms with Gasteiger partial charge in [0.25, 0.3) is 0 Å². The highest BCUT2D eigenvalue weighted by Gasteiger charge is 2.06. The molecule has 132 valence electrons.